The van der Waals surface area contributed by atoms with E-state index in [0.29, 0.717) is 19.4 Å². The maximum atomic E-state index is 13.2. The maximum Gasteiger partial charge on any atom is 0.220 e. The van der Waals surface area contributed by atoms with E-state index in [0.717, 1.165) is 34.7 Å². The van der Waals surface area contributed by atoms with Crippen LogP contribution in [0, 0.1) is 16.7 Å². The Morgan fingerprint density at radius 2 is 1.80 bits per heavy atom. The molecule has 184 valence electrons. The third-order valence-corrected chi connectivity index (χ3v) is 9.78. The van der Waals surface area contributed by atoms with Crippen molar-refractivity contribution >= 4 is 17.2 Å². The van der Waals surface area contributed by atoms with Crippen molar-refractivity contribution in [3.8, 4) is 10.6 Å². The van der Waals surface area contributed by atoms with Crippen molar-refractivity contribution in [1.82, 2.24) is 10.3 Å². The van der Waals surface area contributed by atoms with Crippen molar-refractivity contribution < 1.29 is 15.0 Å². The Balaban J connectivity index is 1.50. The molecule has 5 rings (SSSR count). The van der Waals surface area contributed by atoms with Crippen LogP contribution in [0.25, 0.3) is 10.6 Å². The van der Waals surface area contributed by atoms with Crippen LogP contribution >= 0.6 is 11.3 Å². The molecule has 6 heteroatoms. The summed E-state index contributed by atoms with van der Waals surface area (Å²) in [6.45, 7) is 4.69. The van der Waals surface area contributed by atoms with Gasteiger partial charge in [-0.05, 0) is 36.2 Å². The van der Waals surface area contributed by atoms with E-state index >= 15 is 0 Å². The summed E-state index contributed by atoms with van der Waals surface area (Å²) in [7, 11) is 0. The van der Waals surface area contributed by atoms with Crippen LogP contribution in [-0.2, 0) is 17.8 Å². The molecule has 2 aliphatic rings. The predicted molar refractivity (Wildman–Crippen MR) is 139 cm³/mol. The number of hydrogen-bond acceptors (Lipinski definition) is 5. The van der Waals surface area contributed by atoms with E-state index in [1.807, 2.05) is 55.5 Å². The molecule has 3 aromatic rings. The minimum atomic E-state index is -0.611. The number of thiazole rings is 1. The van der Waals surface area contributed by atoms with Crippen molar-refractivity contribution in [1.29, 1.82) is 0 Å². The molecule has 0 radical (unpaired) electrons. The first-order valence-electron chi connectivity index (χ1n) is 12.5. The predicted octanol–water partition coefficient (Wildman–Crippen LogP) is 4.93. The Morgan fingerprint density at radius 1 is 1.11 bits per heavy atom. The van der Waals surface area contributed by atoms with Crippen LogP contribution in [0.3, 0.4) is 0 Å². The summed E-state index contributed by atoms with van der Waals surface area (Å²) in [5, 5.41) is 25.5. The van der Waals surface area contributed by atoms with E-state index < -0.39 is 11.5 Å². The van der Waals surface area contributed by atoms with E-state index in [1.165, 1.54) is 4.88 Å². The average molecular weight is 491 g/mol. The molecule has 1 amide bonds. The van der Waals surface area contributed by atoms with Gasteiger partial charge in [-0.1, -0.05) is 74.5 Å². The molecular formula is C29H34N2O3S. The first kappa shape index (κ1) is 24.2. The molecule has 35 heavy (non-hydrogen) atoms. The molecule has 0 bridgehead atoms. The van der Waals surface area contributed by atoms with Crippen LogP contribution in [0.5, 0.6) is 0 Å². The zero-order valence-electron chi connectivity index (χ0n) is 20.4. The summed E-state index contributed by atoms with van der Waals surface area (Å²) in [4.78, 5) is 19.5. The summed E-state index contributed by atoms with van der Waals surface area (Å²) in [6, 6.07) is 20.1. The highest BCUT2D eigenvalue weighted by Gasteiger charge is 2.59. The van der Waals surface area contributed by atoms with Crippen molar-refractivity contribution in [2.75, 3.05) is 6.61 Å². The molecule has 0 aliphatic heterocycles. The minimum absolute atomic E-state index is 0.0118. The fourth-order valence-electron chi connectivity index (χ4n) is 6.40. The lowest BCUT2D eigenvalue weighted by atomic mass is 9.47. The van der Waals surface area contributed by atoms with Crippen LogP contribution in [0.1, 0.15) is 55.2 Å². The van der Waals surface area contributed by atoms with Gasteiger partial charge in [-0.25, -0.2) is 4.98 Å². The minimum Gasteiger partial charge on any atom is -0.396 e. The van der Waals surface area contributed by atoms with Gasteiger partial charge in [0.2, 0.25) is 5.91 Å². The van der Waals surface area contributed by atoms with Gasteiger partial charge in [-0.15, -0.1) is 11.3 Å². The normalized spacial score (nSPS) is 29.8. The molecule has 0 spiro atoms. The molecule has 2 aliphatic carbocycles. The highest BCUT2D eigenvalue weighted by molar-refractivity contribution is 7.15. The van der Waals surface area contributed by atoms with Gasteiger partial charge in [0.15, 0.2) is 0 Å². The van der Waals surface area contributed by atoms with Gasteiger partial charge in [0.05, 0.1) is 18.4 Å². The quantitative estimate of drug-likeness (QED) is 0.457. The number of aliphatic hydroxyl groups excluding tert-OH is 2. The lowest BCUT2D eigenvalue weighted by Crippen LogP contribution is -2.57. The zero-order chi connectivity index (χ0) is 24.6. The van der Waals surface area contributed by atoms with Gasteiger partial charge >= 0.3 is 0 Å². The molecule has 1 saturated carbocycles. The molecule has 5 atom stereocenters. The zero-order valence-corrected chi connectivity index (χ0v) is 21.2. The fraction of sp³-hybridized carbons (Fsp3) is 0.448. The Morgan fingerprint density at radius 3 is 2.49 bits per heavy atom. The smallest absolute Gasteiger partial charge is 0.220 e. The second-order valence-corrected chi connectivity index (χ2v) is 11.8. The Kier molecular flexibility index (Phi) is 6.55. The largest absolute Gasteiger partial charge is 0.396 e. The summed E-state index contributed by atoms with van der Waals surface area (Å²) in [6.07, 6.45) is 2.00. The van der Waals surface area contributed by atoms with Gasteiger partial charge in [0.25, 0.3) is 0 Å². The number of aromatic nitrogens is 1. The van der Waals surface area contributed by atoms with E-state index in [9.17, 15) is 15.0 Å². The number of aliphatic hydroxyl groups is 2. The first-order chi connectivity index (χ1) is 16.8. The number of fused-ring (bicyclic) bond motifs is 2. The van der Waals surface area contributed by atoms with E-state index in [4.69, 9.17) is 4.98 Å². The average Bonchev–Trinajstić information content (AvgIpc) is 3.31. The number of nitrogens with zero attached hydrogens (tertiary/aromatic N) is 1. The SMILES string of the molecule is CC1(CO)C(O)CCC2(C)C(CC(=O)NCc3ccccc3)c3nc(-c4ccccc4)sc3CC12. The number of nitrogens with one attached hydrogen (secondary N) is 1. The molecule has 1 heterocycles. The lowest BCUT2D eigenvalue weighted by Gasteiger charge is -2.58. The fourth-order valence-corrected chi connectivity index (χ4v) is 7.58. The summed E-state index contributed by atoms with van der Waals surface area (Å²) >= 11 is 1.69. The highest BCUT2D eigenvalue weighted by Crippen LogP contribution is 2.62. The van der Waals surface area contributed by atoms with E-state index in [1.54, 1.807) is 11.3 Å². The first-order valence-corrected chi connectivity index (χ1v) is 13.3. The Labute approximate surface area is 211 Å². The molecule has 5 unspecified atom stereocenters. The van der Waals surface area contributed by atoms with Crippen LogP contribution in [0.4, 0.5) is 0 Å². The van der Waals surface area contributed by atoms with E-state index in [2.05, 4.69) is 24.4 Å². The molecule has 0 saturated heterocycles. The number of hydrogen-bond donors (Lipinski definition) is 3. The third-order valence-electron chi connectivity index (χ3n) is 8.64. The molecule has 2 aromatic carbocycles. The third kappa shape index (κ3) is 4.32. The second kappa shape index (κ2) is 9.49. The molecule has 1 aromatic heterocycles. The molecular weight excluding hydrogens is 456 g/mol. The Hall–Kier alpha value is -2.54. The Bertz CT molecular complexity index is 1180. The van der Waals surface area contributed by atoms with Crippen LogP contribution < -0.4 is 5.32 Å². The van der Waals surface area contributed by atoms with Crippen LogP contribution in [0.15, 0.2) is 60.7 Å². The number of carbonyl (C=O) groups excluding carboxylic acids is 1. The summed E-state index contributed by atoms with van der Waals surface area (Å²) in [5.74, 6) is 0.00381. The van der Waals surface area contributed by atoms with Crippen molar-refractivity contribution in [3.05, 3.63) is 76.8 Å². The van der Waals surface area contributed by atoms with Crippen LogP contribution in [0.2, 0.25) is 0 Å². The highest BCUT2D eigenvalue weighted by atomic mass is 32.1. The number of amides is 1. The van der Waals surface area contributed by atoms with Gasteiger partial charge in [-0.3, -0.25) is 4.79 Å². The van der Waals surface area contributed by atoms with Gasteiger partial charge in [0, 0.05) is 34.7 Å². The van der Waals surface area contributed by atoms with Crippen molar-refractivity contribution in [3.63, 3.8) is 0 Å². The molecule has 1 fully saturated rings. The topological polar surface area (TPSA) is 82.5 Å². The second-order valence-electron chi connectivity index (χ2n) is 10.7. The molecule has 3 N–H and O–H groups in total. The monoisotopic (exact) mass is 490 g/mol. The lowest BCUT2D eigenvalue weighted by molar-refractivity contribution is -0.144. The number of carbonyl (C=O) groups is 1. The van der Waals surface area contributed by atoms with Gasteiger partial charge in [-0.2, -0.15) is 0 Å². The number of rotatable bonds is 6. The number of benzene rings is 2. The maximum absolute atomic E-state index is 13.2. The summed E-state index contributed by atoms with van der Waals surface area (Å²) < 4.78 is 0. The van der Waals surface area contributed by atoms with Crippen LogP contribution in [-0.4, -0.2) is 33.8 Å². The molecule has 5 nitrogen and oxygen atoms in total. The van der Waals surface area contributed by atoms with Gasteiger partial charge in [0.1, 0.15) is 5.01 Å². The summed E-state index contributed by atoms with van der Waals surface area (Å²) in [5.41, 5.74) is 2.33. The van der Waals surface area contributed by atoms with Gasteiger partial charge < -0.3 is 15.5 Å². The van der Waals surface area contributed by atoms with E-state index in [-0.39, 0.29) is 29.8 Å². The standard InChI is InChI=1S/C29H34N2O3S/c1-28-14-13-24(33)29(2,18-32)23(28)16-22-26(31-27(35-22)20-11-7-4-8-12-20)21(28)15-25(34)30-17-19-9-5-3-6-10-19/h3-12,21,23-24,32-33H,13-18H2,1-2H3,(H,30,34). The van der Waals surface area contributed by atoms with Crippen molar-refractivity contribution in [2.24, 2.45) is 16.7 Å². The van der Waals surface area contributed by atoms with Crippen molar-refractivity contribution in [2.45, 2.75) is 58.1 Å².